The maximum Gasteiger partial charge on any atom is 0.270 e. The molecule has 104 valence electrons. The van der Waals surface area contributed by atoms with Gasteiger partial charge in [0.15, 0.2) is 0 Å². The number of rotatable bonds is 4. The molecule has 0 aromatic carbocycles. The first-order chi connectivity index (χ1) is 7.43. The molecule has 2 atom stereocenters. The van der Waals surface area contributed by atoms with Crippen molar-refractivity contribution in [3.8, 4) is 0 Å². The molecule has 0 aliphatic carbocycles. The van der Waals surface area contributed by atoms with Crippen molar-refractivity contribution >= 4 is 10.1 Å². The van der Waals surface area contributed by atoms with Gasteiger partial charge in [0.1, 0.15) is 0 Å². The molecule has 0 radical (unpaired) electrons. The lowest BCUT2D eigenvalue weighted by atomic mass is 9.88. The Morgan fingerprint density at radius 2 is 2.06 bits per heavy atom. The van der Waals surface area contributed by atoms with E-state index in [0.29, 0.717) is 25.7 Å². The fourth-order valence-corrected chi connectivity index (χ4v) is 3.58. The van der Waals surface area contributed by atoms with Gasteiger partial charge in [0, 0.05) is 6.42 Å². The summed E-state index contributed by atoms with van der Waals surface area (Å²) in [5.74, 6) is 0. The van der Waals surface area contributed by atoms with Crippen LogP contribution in [-0.2, 0) is 14.3 Å². The summed E-state index contributed by atoms with van der Waals surface area (Å²) in [7, 11) is -3.47. The molecule has 4 nitrogen and oxygen atoms in total. The molecule has 0 spiro atoms. The monoisotopic (exact) mass is 266 g/mol. The Hall–Kier alpha value is -0.130. The minimum Gasteiger partial charge on any atom is -0.390 e. The Morgan fingerprint density at radius 3 is 2.59 bits per heavy atom. The summed E-state index contributed by atoms with van der Waals surface area (Å²) >= 11 is 0. The van der Waals surface area contributed by atoms with E-state index in [9.17, 15) is 13.5 Å². The first-order valence-corrected chi connectivity index (χ1v) is 7.51. The average molecular weight is 266 g/mol. The summed E-state index contributed by atoms with van der Waals surface area (Å²) in [6, 6.07) is 0. The van der Waals surface area contributed by atoms with Crippen LogP contribution in [-0.4, -0.2) is 31.0 Å². The van der Waals surface area contributed by atoms with Crippen molar-refractivity contribution in [3.05, 3.63) is 0 Å². The molecule has 0 bridgehead atoms. The van der Waals surface area contributed by atoms with Gasteiger partial charge < -0.3 is 5.11 Å². The number of hydrogen-bond donors (Lipinski definition) is 1. The standard InChI is InChI=1S/C11H22O4S.CH4/c1-3-5-6-11(12)7-8-15-16(13,14)10(4-2)9-11;/h10,12H,3-9H2,1-2H3;1H4. The van der Waals surface area contributed by atoms with Crippen LogP contribution in [0.25, 0.3) is 0 Å². The van der Waals surface area contributed by atoms with Gasteiger partial charge in [0.25, 0.3) is 10.1 Å². The Morgan fingerprint density at radius 1 is 1.41 bits per heavy atom. The van der Waals surface area contributed by atoms with E-state index in [2.05, 4.69) is 6.92 Å². The summed E-state index contributed by atoms with van der Waals surface area (Å²) in [5, 5.41) is 9.81. The predicted molar refractivity (Wildman–Crippen MR) is 69.4 cm³/mol. The van der Waals surface area contributed by atoms with Crippen LogP contribution >= 0.6 is 0 Å². The lowest BCUT2D eigenvalue weighted by molar-refractivity contribution is 0.00779. The van der Waals surface area contributed by atoms with Crippen LogP contribution in [0.4, 0.5) is 0 Å². The maximum absolute atomic E-state index is 11.7. The van der Waals surface area contributed by atoms with Crippen LogP contribution in [0.1, 0.15) is 59.8 Å². The Balaban J connectivity index is 0.00000256. The summed E-state index contributed by atoms with van der Waals surface area (Å²) in [5.41, 5.74) is -0.861. The molecule has 0 aromatic heterocycles. The molecule has 0 amide bonds. The second-order valence-corrected chi connectivity index (χ2v) is 6.52. The first kappa shape index (κ1) is 16.9. The molecule has 1 rings (SSSR count). The third-order valence-corrected chi connectivity index (χ3v) is 5.09. The van der Waals surface area contributed by atoms with Gasteiger partial charge in [-0.15, -0.1) is 0 Å². The summed E-state index contributed by atoms with van der Waals surface area (Å²) in [4.78, 5) is 0. The quantitative estimate of drug-likeness (QED) is 0.794. The number of aliphatic hydroxyl groups is 1. The third kappa shape index (κ3) is 4.56. The minimum atomic E-state index is -3.47. The smallest absolute Gasteiger partial charge is 0.270 e. The summed E-state index contributed by atoms with van der Waals surface area (Å²) in [6.45, 7) is 3.99. The van der Waals surface area contributed by atoms with E-state index in [1.165, 1.54) is 0 Å². The molecular weight excluding hydrogens is 240 g/mol. The second-order valence-electron chi connectivity index (χ2n) is 4.63. The zero-order valence-electron chi connectivity index (χ0n) is 10.1. The molecule has 5 heteroatoms. The maximum atomic E-state index is 11.7. The van der Waals surface area contributed by atoms with Crippen molar-refractivity contribution in [3.63, 3.8) is 0 Å². The van der Waals surface area contributed by atoms with Crippen molar-refractivity contribution in [1.29, 1.82) is 0 Å². The van der Waals surface area contributed by atoms with E-state index in [0.717, 1.165) is 12.8 Å². The van der Waals surface area contributed by atoms with Crippen LogP contribution < -0.4 is 0 Å². The molecule has 0 saturated carbocycles. The Kier molecular flexibility index (Phi) is 6.66. The van der Waals surface area contributed by atoms with E-state index in [1.54, 1.807) is 0 Å². The van der Waals surface area contributed by atoms with Crippen molar-refractivity contribution in [2.24, 2.45) is 0 Å². The minimum absolute atomic E-state index is 0. The van der Waals surface area contributed by atoms with Gasteiger partial charge in [0.2, 0.25) is 0 Å². The van der Waals surface area contributed by atoms with Crippen molar-refractivity contribution in [2.75, 3.05) is 6.61 Å². The van der Waals surface area contributed by atoms with Gasteiger partial charge in [-0.25, -0.2) is 0 Å². The second kappa shape index (κ2) is 6.71. The van der Waals surface area contributed by atoms with Gasteiger partial charge in [-0.3, -0.25) is 4.18 Å². The summed E-state index contributed by atoms with van der Waals surface area (Å²) in [6.07, 6.45) is 3.82. The fourth-order valence-electron chi connectivity index (χ4n) is 2.15. The van der Waals surface area contributed by atoms with Crippen molar-refractivity contribution in [1.82, 2.24) is 0 Å². The highest BCUT2D eigenvalue weighted by atomic mass is 32.2. The lowest BCUT2D eigenvalue weighted by Crippen LogP contribution is -2.34. The molecule has 1 aliphatic heterocycles. The molecular formula is C12H26O4S. The molecule has 17 heavy (non-hydrogen) atoms. The van der Waals surface area contributed by atoms with Gasteiger partial charge in [0.05, 0.1) is 17.5 Å². The van der Waals surface area contributed by atoms with Crippen LogP contribution in [0.3, 0.4) is 0 Å². The highest BCUT2D eigenvalue weighted by Crippen LogP contribution is 2.31. The molecule has 1 heterocycles. The molecule has 1 fully saturated rings. The summed E-state index contributed by atoms with van der Waals surface area (Å²) < 4.78 is 28.2. The van der Waals surface area contributed by atoms with E-state index in [-0.39, 0.29) is 14.0 Å². The molecule has 0 aromatic rings. The fraction of sp³-hybridized carbons (Fsp3) is 1.00. The predicted octanol–water partition coefficient (Wildman–Crippen LogP) is 2.46. The van der Waals surface area contributed by atoms with Gasteiger partial charge in [-0.1, -0.05) is 34.1 Å². The number of hydrogen-bond acceptors (Lipinski definition) is 4. The Labute approximate surface area is 105 Å². The van der Waals surface area contributed by atoms with Crippen molar-refractivity contribution < 1.29 is 17.7 Å². The lowest BCUT2D eigenvalue weighted by Gasteiger charge is -2.27. The van der Waals surface area contributed by atoms with Gasteiger partial charge in [-0.2, -0.15) is 8.42 Å². The molecule has 1 saturated heterocycles. The zero-order chi connectivity index (χ0) is 12.2. The Bertz CT molecular complexity index is 312. The van der Waals surface area contributed by atoms with Gasteiger partial charge in [-0.05, 0) is 19.3 Å². The highest BCUT2D eigenvalue weighted by molar-refractivity contribution is 7.87. The third-order valence-electron chi connectivity index (χ3n) is 3.28. The van der Waals surface area contributed by atoms with E-state index < -0.39 is 21.0 Å². The average Bonchev–Trinajstić information content (AvgIpc) is 2.33. The van der Waals surface area contributed by atoms with Crippen LogP contribution in [0.15, 0.2) is 0 Å². The zero-order valence-corrected chi connectivity index (χ0v) is 10.9. The molecule has 2 unspecified atom stereocenters. The van der Waals surface area contributed by atoms with E-state index >= 15 is 0 Å². The highest BCUT2D eigenvalue weighted by Gasteiger charge is 2.39. The van der Waals surface area contributed by atoms with Crippen LogP contribution in [0.2, 0.25) is 0 Å². The van der Waals surface area contributed by atoms with E-state index in [4.69, 9.17) is 4.18 Å². The topological polar surface area (TPSA) is 63.6 Å². The largest absolute Gasteiger partial charge is 0.390 e. The normalized spacial score (nSPS) is 32.5. The SMILES string of the molecule is C.CCCCC1(O)CCOS(=O)(=O)C(CC)C1. The number of unbranched alkanes of at least 4 members (excludes halogenated alkanes) is 1. The molecule has 1 aliphatic rings. The molecule has 1 N–H and O–H groups in total. The van der Waals surface area contributed by atoms with Gasteiger partial charge >= 0.3 is 0 Å². The van der Waals surface area contributed by atoms with Crippen LogP contribution in [0.5, 0.6) is 0 Å². The van der Waals surface area contributed by atoms with E-state index in [1.807, 2.05) is 6.92 Å². The van der Waals surface area contributed by atoms with Crippen LogP contribution in [0, 0.1) is 0 Å². The first-order valence-electron chi connectivity index (χ1n) is 6.04. The van der Waals surface area contributed by atoms with Crippen molar-refractivity contribution in [2.45, 2.75) is 70.7 Å².